The van der Waals surface area contributed by atoms with Crippen LogP contribution in [0.15, 0.2) is 30.3 Å². The van der Waals surface area contributed by atoms with Gasteiger partial charge in [0.25, 0.3) is 0 Å². The number of fused-ring (bicyclic) bond motifs is 1. The molecule has 122 valence electrons. The van der Waals surface area contributed by atoms with Crippen molar-refractivity contribution in [2.24, 2.45) is 0 Å². The van der Waals surface area contributed by atoms with Gasteiger partial charge in [-0.2, -0.15) is 0 Å². The van der Waals surface area contributed by atoms with Gasteiger partial charge >= 0.3 is 25.8 Å². The molecular formula is C16H25Cl2HfNOSi. The Morgan fingerprint density at radius 3 is 2.14 bits per heavy atom. The minimum atomic E-state index is -1.62. The fourth-order valence-electron chi connectivity index (χ4n) is 3.14. The summed E-state index contributed by atoms with van der Waals surface area (Å²) in [6, 6.07) is 8.60. The van der Waals surface area contributed by atoms with Gasteiger partial charge in [-0.3, -0.25) is 0 Å². The number of rotatable bonds is 3. The summed E-state index contributed by atoms with van der Waals surface area (Å²) in [7, 11) is 0.139. The molecule has 0 saturated carbocycles. The van der Waals surface area contributed by atoms with E-state index in [2.05, 4.69) is 69.2 Å². The second kappa shape index (κ2) is 9.02. The van der Waals surface area contributed by atoms with Gasteiger partial charge in [-0.15, -0.1) is 0 Å². The summed E-state index contributed by atoms with van der Waals surface area (Å²) < 4.78 is 5.55. The molecule has 0 heterocycles. The molecular weight excluding hydrogens is 500 g/mol. The smallest absolute Gasteiger partial charge is 1.00 e. The zero-order valence-corrected chi connectivity index (χ0v) is 20.2. The number of methoxy groups -OCH3 is 1. The Morgan fingerprint density at radius 2 is 1.64 bits per heavy atom. The maximum atomic E-state index is 5.55. The SMILES string of the molecule is COC1=CC([Si](C)(C)NC(C)(C)C)c2ccccc21.[Cl-].[Cl-].[Hf+2]. The van der Waals surface area contributed by atoms with Crippen LogP contribution in [0, 0.1) is 0 Å². The van der Waals surface area contributed by atoms with Crippen LogP contribution in [-0.4, -0.2) is 20.9 Å². The molecule has 0 fully saturated rings. The van der Waals surface area contributed by atoms with Crippen molar-refractivity contribution >= 4 is 14.0 Å². The van der Waals surface area contributed by atoms with Crippen LogP contribution in [-0.2, 0) is 30.6 Å². The van der Waals surface area contributed by atoms with Crippen molar-refractivity contribution in [2.75, 3.05) is 7.11 Å². The van der Waals surface area contributed by atoms with Gasteiger partial charge in [0.05, 0.1) is 7.11 Å². The first-order valence-electron chi connectivity index (χ1n) is 6.89. The van der Waals surface area contributed by atoms with E-state index in [1.54, 1.807) is 7.11 Å². The molecule has 2 rings (SSSR count). The number of nitrogens with one attached hydrogen (secondary N) is 1. The summed E-state index contributed by atoms with van der Waals surface area (Å²) >= 11 is 0. The average Bonchev–Trinajstić information content (AvgIpc) is 2.65. The first-order chi connectivity index (χ1) is 8.74. The number of benzene rings is 1. The Balaban J connectivity index is 0. The third kappa shape index (κ3) is 5.48. The zero-order valence-electron chi connectivity index (χ0n) is 14.1. The molecule has 1 unspecified atom stereocenters. The summed E-state index contributed by atoms with van der Waals surface area (Å²) in [5.74, 6) is 1.02. The van der Waals surface area contributed by atoms with Crippen LogP contribution in [0.1, 0.15) is 37.4 Å². The molecule has 1 aromatic carbocycles. The normalized spacial score (nSPS) is 16.5. The van der Waals surface area contributed by atoms with E-state index in [0.29, 0.717) is 5.54 Å². The predicted molar refractivity (Wildman–Crippen MR) is 84.5 cm³/mol. The molecule has 1 atom stereocenters. The van der Waals surface area contributed by atoms with Crippen molar-refractivity contribution in [1.29, 1.82) is 0 Å². The number of hydrogen-bond acceptors (Lipinski definition) is 2. The quantitative estimate of drug-likeness (QED) is 0.458. The maximum absolute atomic E-state index is 5.55. The fraction of sp³-hybridized carbons (Fsp3) is 0.500. The minimum Gasteiger partial charge on any atom is -1.00 e. The summed E-state index contributed by atoms with van der Waals surface area (Å²) in [5.41, 5.74) is 3.28. The van der Waals surface area contributed by atoms with Gasteiger partial charge in [-0.05, 0) is 32.4 Å². The van der Waals surface area contributed by atoms with Crippen molar-refractivity contribution in [3.63, 3.8) is 0 Å². The van der Waals surface area contributed by atoms with E-state index in [0.717, 1.165) is 5.76 Å². The molecule has 2 nitrogen and oxygen atoms in total. The molecule has 6 heteroatoms. The molecule has 1 aliphatic carbocycles. The van der Waals surface area contributed by atoms with E-state index < -0.39 is 8.24 Å². The number of halogens is 2. The van der Waals surface area contributed by atoms with Crippen LogP contribution in [0.3, 0.4) is 0 Å². The molecule has 0 aromatic heterocycles. The summed E-state index contributed by atoms with van der Waals surface area (Å²) in [5, 5.41) is 0. The van der Waals surface area contributed by atoms with Crippen LogP contribution in [0.4, 0.5) is 0 Å². The van der Waals surface area contributed by atoms with Gasteiger partial charge in [0.2, 0.25) is 0 Å². The average molecular weight is 525 g/mol. The van der Waals surface area contributed by atoms with Gasteiger partial charge in [0.15, 0.2) is 0 Å². The molecule has 22 heavy (non-hydrogen) atoms. The first-order valence-corrected chi connectivity index (χ1v) is 9.97. The first kappa shape index (κ1) is 24.6. The fourth-order valence-corrected chi connectivity index (χ4v) is 6.83. The van der Waals surface area contributed by atoms with Crippen LogP contribution in [0.25, 0.3) is 5.76 Å². The Hall–Kier alpha value is 0.387. The Bertz CT molecular complexity index is 515. The van der Waals surface area contributed by atoms with Gasteiger partial charge in [-0.25, -0.2) is 0 Å². The third-order valence-electron chi connectivity index (χ3n) is 3.57. The molecule has 1 aromatic rings. The van der Waals surface area contributed by atoms with Gasteiger partial charge in [0.1, 0.15) is 14.0 Å². The van der Waals surface area contributed by atoms with Crippen LogP contribution in [0.2, 0.25) is 13.1 Å². The molecule has 0 spiro atoms. The maximum Gasteiger partial charge on any atom is 2.00 e. The molecule has 0 radical (unpaired) electrons. The Morgan fingerprint density at radius 1 is 1.09 bits per heavy atom. The minimum absolute atomic E-state index is 0. The second-order valence-corrected chi connectivity index (χ2v) is 11.2. The molecule has 0 saturated heterocycles. The molecule has 0 amide bonds. The van der Waals surface area contributed by atoms with E-state index in [1.807, 2.05) is 0 Å². The molecule has 1 aliphatic rings. The zero-order chi connectivity index (χ0) is 14.3. The number of allylic oxidation sites excluding steroid dienone is 1. The molecule has 1 N–H and O–H groups in total. The van der Waals surface area contributed by atoms with E-state index in [4.69, 9.17) is 4.74 Å². The van der Waals surface area contributed by atoms with Crippen molar-refractivity contribution in [3.8, 4) is 0 Å². The standard InChI is InChI=1S/C16H25NOSi.2ClH.Hf/c1-16(2,3)17-19(5,6)15-11-14(18-4)12-9-7-8-10-13(12)15;;;/h7-11,15,17H,1-6H3;2*1H;/q;;;+2/p-2. The van der Waals surface area contributed by atoms with E-state index in [-0.39, 0.29) is 56.2 Å². The van der Waals surface area contributed by atoms with Gasteiger partial charge < -0.3 is 34.5 Å². The molecule has 0 bridgehead atoms. The number of hydrogen-bond donors (Lipinski definition) is 1. The van der Waals surface area contributed by atoms with E-state index in [1.165, 1.54) is 11.1 Å². The van der Waals surface area contributed by atoms with Gasteiger partial charge in [-0.1, -0.05) is 37.4 Å². The van der Waals surface area contributed by atoms with Gasteiger partial charge in [0, 0.05) is 16.6 Å². The summed E-state index contributed by atoms with van der Waals surface area (Å²) in [4.78, 5) is 3.86. The van der Waals surface area contributed by atoms with Crippen molar-refractivity contribution < 1.29 is 55.4 Å². The monoisotopic (exact) mass is 525 g/mol. The second-order valence-electron chi connectivity index (χ2n) is 6.90. The van der Waals surface area contributed by atoms with Crippen molar-refractivity contribution in [1.82, 2.24) is 4.98 Å². The summed E-state index contributed by atoms with van der Waals surface area (Å²) in [6.07, 6.45) is 2.30. The number of ether oxygens (including phenoxy) is 1. The van der Waals surface area contributed by atoms with E-state index in [9.17, 15) is 0 Å². The molecule has 0 aliphatic heterocycles. The Labute approximate surface area is 167 Å². The predicted octanol–water partition coefficient (Wildman–Crippen LogP) is -2.09. The van der Waals surface area contributed by atoms with Crippen LogP contribution in [0.5, 0.6) is 0 Å². The van der Waals surface area contributed by atoms with E-state index >= 15 is 0 Å². The topological polar surface area (TPSA) is 21.3 Å². The van der Waals surface area contributed by atoms with Crippen LogP contribution < -0.4 is 29.8 Å². The van der Waals surface area contributed by atoms with Crippen molar-refractivity contribution in [3.05, 3.63) is 41.5 Å². The largest absolute Gasteiger partial charge is 2.00 e. The summed E-state index contributed by atoms with van der Waals surface area (Å²) in [6.45, 7) is 11.5. The third-order valence-corrected chi connectivity index (χ3v) is 7.00. The van der Waals surface area contributed by atoms with Crippen LogP contribution >= 0.6 is 0 Å². The van der Waals surface area contributed by atoms with Crippen molar-refractivity contribution in [2.45, 2.75) is 44.9 Å². The Kier molecular flexibility index (Phi) is 10.1.